The minimum atomic E-state index is 1.22. The third-order valence-electron chi connectivity index (χ3n) is 4.47. The van der Waals surface area contributed by atoms with E-state index in [4.69, 9.17) is 0 Å². The molecule has 148 valence electrons. The van der Waals surface area contributed by atoms with Crippen LogP contribution >= 0.6 is 0 Å². The van der Waals surface area contributed by atoms with Gasteiger partial charge in [0.15, 0.2) is 0 Å². The summed E-state index contributed by atoms with van der Waals surface area (Å²) in [5.74, 6) is 0. The molecule has 0 heterocycles. The van der Waals surface area contributed by atoms with Crippen LogP contribution < -0.4 is 0 Å². The molecule has 0 N–H and O–H groups in total. The summed E-state index contributed by atoms with van der Waals surface area (Å²) in [7, 11) is 0. The Labute approximate surface area is 180 Å². The first kappa shape index (κ1) is 21.1. The van der Waals surface area contributed by atoms with Crippen LogP contribution in [0.1, 0.15) is 29.5 Å². The van der Waals surface area contributed by atoms with Gasteiger partial charge in [0.25, 0.3) is 0 Å². The highest BCUT2D eigenvalue weighted by Gasteiger charge is 2.07. The summed E-state index contributed by atoms with van der Waals surface area (Å²) in [6.07, 6.45) is 21.5. The van der Waals surface area contributed by atoms with Gasteiger partial charge in [-0.2, -0.15) is 0 Å². The van der Waals surface area contributed by atoms with E-state index in [1.165, 1.54) is 29.5 Å². The maximum Gasteiger partial charge on any atom is -0.0257 e. The Hall–Kier alpha value is -3.64. The van der Waals surface area contributed by atoms with Gasteiger partial charge in [-0.1, -0.05) is 151 Å². The molecule has 0 atom stereocenters. The SMILES string of the molecule is C(=CC=C1CC1)C=Cc1ccccc1.C(C=Cc1ccccc1)=Cc1ccccc1. The second-order valence-corrected chi connectivity index (χ2v) is 7.02. The summed E-state index contributed by atoms with van der Waals surface area (Å²) < 4.78 is 0. The molecule has 0 spiro atoms. The monoisotopic (exact) mass is 388 g/mol. The topological polar surface area (TPSA) is 0 Å². The van der Waals surface area contributed by atoms with E-state index in [9.17, 15) is 0 Å². The minimum absolute atomic E-state index is 1.22. The molecule has 0 unspecified atom stereocenters. The zero-order valence-electron chi connectivity index (χ0n) is 17.3. The van der Waals surface area contributed by atoms with Crippen molar-refractivity contribution in [2.75, 3.05) is 0 Å². The van der Waals surface area contributed by atoms with Crippen LogP contribution in [0.4, 0.5) is 0 Å². The quantitative estimate of drug-likeness (QED) is 0.372. The standard InChI is InChI=1S/C16H14.C14H14/c1-3-9-15(10-4-1)13-7-8-14-16-11-5-2-6-12-16;1-3-7-13(8-4-1)9-5-2-6-10-14-11-12-14/h1-14H;1-10H,11-12H2. The van der Waals surface area contributed by atoms with Crippen LogP contribution in [-0.4, -0.2) is 0 Å². The highest BCUT2D eigenvalue weighted by molar-refractivity contribution is 5.56. The number of allylic oxidation sites excluding steroid dienone is 7. The highest BCUT2D eigenvalue weighted by atomic mass is 14.1. The number of rotatable bonds is 6. The normalized spacial score (nSPS) is 13.1. The molecule has 4 rings (SSSR count). The lowest BCUT2D eigenvalue weighted by Crippen LogP contribution is -1.68. The van der Waals surface area contributed by atoms with Crippen LogP contribution in [0.2, 0.25) is 0 Å². The van der Waals surface area contributed by atoms with Crippen molar-refractivity contribution in [2.45, 2.75) is 12.8 Å². The molecule has 0 amide bonds. The van der Waals surface area contributed by atoms with Crippen molar-refractivity contribution in [1.82, 2.24) is 0 Å². The third kappa shape index (κ3) is 9.03. The van der Waals surface area contributed by atoms with Crippen LogP contribution in [0.5, 0.6) is 0 Å². The fourth-order valence-electron chi connectivity index (χ4n) is 2.69. The van der Waals surface area contributed by atoms with Gasteiger partial charge in [0.05, 0.1) is 0 Å². The van der Waals surface area contributed by atoms with Gasteiger partial charge in [0.2, 0.25) is 0 Å². The van der Waals surface area contributed by atoms with E-state index in [-0.39, 0.29) is 0 Å². The Morgan fingerprint density at radius 3 is 1.13 bits per heavy atom. The molecule has 30 heavy (non-hydrogen) atoms. The minimum Gasteiger partial charge on any atom is -0.0696 e. The van der Waals surface area contributed by atoms with Crippen molar-refractivity contribution < 1.29 is 0 Å². The number of hydrogen-bond donors (Lipinski definition) is 0. The van der Waals surface area contributed by atoms with Gasteiger partial charge in [-0.05, 0) is 29.5 Å². The number of benzene rings is 3. The molecule has 0 aromatic heterocycles. The van der Waals surface area contributed by atoms with Crippen molar-refractivity contribution >= 4 is 18.2 Å². The molecule has 0 bridgehead atoms. The van der Waals surface area contributed by atoms with Crippen LogP contribution in [0.3, 0.4) is 0 Å². The van der Waals surface area contributed by atoms with Crippen LogP contribution in [-0.2, 0) is 0 Å². The lowest BCUT2D eigenvalue weighted by molar-refractivity contribution is 1.50. The van der Waals surface area contributed by atoms with Gasteiger partial charge < -0.3 is 0 Å². The molecule has 0 radical (unpaired) electrons. The van der Waals surface area contributed by atoms with Gasteiger partial charge in [0.1, 0.15) is 0 Å². The van der Waals surface area contributed by atoms with E-state index in [2.05, 4.69) is 103 Å². The Morgan fingerprint density at radius 1 is 0.400 bits per heavy atom. The third-order valence-corrected chi connectivity index (χ3v) is 4.47. The second-order valence-electron chi connectivity index (χ2n) is 7.02. The molecule has 1 saturated carbocycles. The summed E-state index contributed by atoms with van der Waals surface area (Å²) in [6.45, 7) is 0. The van der Waals surface area contributed by atoms with Crippen molar-refractivity contribution in [3.8, 4) is 0 Å². The van der Waals surface area contributed by atoms with Crippen molar-refractivity contribution in [3.63, 3.8) is 0 Å². The van der Waals surface area contributed by atoms with Crippen LogP contribution in [0.15, 0.2) is 133 Å². The fourth-order valence-corrected chi connectivity index (χ4v) is 2.69. The van der Waals surface area contributed by atoms with E-state index in [1.807, 2.05) is 42.5 Å². The summed E-state index contributed by atoms with van der Waals surface area (Å²) in [5.41, 5.74) is 5.26. The molecule has 1 aliphatic rings. The zero-order chi connectivity index (χ0) is 20.7. The lowest BCUT2D eigenvalue weighted by Gasteiger charge is -1.90. The van der Waals surface area contributed by atoms with Gasteiger partial charge in [0, 0.05) is 0 Å². The highest BCUT2D eigenvalue weighted by Crippen LogP contribution is 2.27. The molecule has 1 fully saturated rings. The van der Waals surface area contributed by atoms with Gasteiger partial charge in [-0.3, -0.25) is 0 Å². The van der Waals surface area contributed by atoms with E-state index in [0.717, 1.165) is 0 Å². The molecule has 0 saturated heterocycles. The average molecular weight is 389 g/mol. The summed E-state index contributed by atoms with van der Waals surface area (Å²) in [4.78, 5) is 0. The summed E-state index contributed by atoms with van der Waals surface area (Å²) in [5, 5.41) is 0. The van der Waals surface area contributed by atoms with Gasteiger partial charge in [-0.25, -0.2) is 0 Å². The summed E-state index contributed by atoms with van der Waals surface area (Å²) >= 11 is 0. The molecular formula is C30H28. The first-order valence-electron chi connectivity index (χ1n) is 10.4. The fraction of sp³-hybridized carbons (Fsp3) is 0.0667. The van der Waals surface area contributed by atoms with E-state index in [0.29, 0.717) is 0 Å². The average Bonchev–Trinajstić information content (AvgIpc) is 3.64. The van der Waals surface area contributed by atoms with Gasteiger partial charge >= 0.3 is 0 Å². The van der Waals surface area contributed by atoms with Crippen molar-refractivity contribution in [2.24, 2.45) is 0 Å². The zero-order valence-corrected chi connectivity index (χ0v) is 17.3. The van der Waals surface area contributed by atoms with Gasteiger partial charge in [-0.15, -0.1) is 0 Å². The maximum atomic E-state index is 2.20. The second kappa shape index (κ2) is 12.7. The molecule has 0 aliphatic heterocycles. The molecule has 3 aromatic carbocycles. The summed E-state index contributed by atoms with van der Waals surface area (Å²) in [6, 6.07) is 30.9. The molecule has 3 aromatic rings. The first-order chi connectivity index (χ1) is 14.9. The molecule has 0 nitrogen and oxygen atoms in total. The van der Waals surface area contributed by atoms with Crippen molar-refractivity contribution in [3.05, 3.63) is 150 Å². The number of hydrogen-bond acceptors (Lipinski definition) is 0. The maximum absolute atomic E-state index is 2.20. The van der Waals surface area contributed by atoms with Crippen LogP contribution in [0.25, 0.3) is 18.2 Å². The van der Waals surface area contributed by atoms with Crippen molar-refractivity contribution in [1.29, 1.82) is 0 Å². The predicted molar refractivity (Wildman–Crippen MR) is 133 cm³/mol. The smallest absolute Gasteiger partial charge is 0.0257 e. The van der Waals surface area contributed by atoms with E-state index >= 15 is 0 Å². The lowest BCUT2D eigenvalue weighted by atomic mass is 10.2. The Bertz CT molecular complexity index is 948. The first-order valence-corrected chi connectivity index (χ1v) is 10.4. The predicted octanol–water partition coefficient (Wildman–Crippen LogP) is 8.39. The van der Waals surface area contributed by atoms with E-state index < -0.39 is 0 Å². The Morgan fingerprint density at radius 2 is 0.767 bits per heavy atom. The van der Waals surface area contributed by atoms with E-state index in [1.54, 1.807) is 5.57 Å². The molecular weight excluding hydrogens is 360 g/mol. The van der Waals surface area contributed by atoms with Crippen LogP contribution in [0, 0.1) is 0 Å². The Balaban J connectivity index is 0.000000172. The largest absolute Gasteiger partial charge is 0.0696 e. The molecule has 0 heteroatoms. The molecule has 1 aliphatic carbocycles. The Kier molecular flexibility index (Phi) is 8.96.